The van der Waals surface area contributed by atoms with Crippen molar-refractivity contribution in [3.8, 4) is 11.5 Å². The summed E-state index contributed by atoms with van der Waals surface area (Å²) in [5, 5.41) is -0.0387. The zero-order chi connectivity index (χ0) is 13.4. The highest BCUT2D eigenvalue weighted by molar-refractivity contribution is 6.48. The van der Waals surface area contributed by atoms with Gasteiger partial charge in [0.25, 0.3) is 0 Å². The first kappa shape index (κ1) is 14.6. The molecule has 4 nitrogen and oxygen atoms in total. The molecule has 1 heterocycles. The van der Waals surface area contributed by atoms with Gasteiger partial charge >= 0.3 is 0 Å². The second-order valence-corrected chi connectivity index (χ2v) is 4.66. The summed E-state index contributed by atoms with van der Waals surface area (Å²) in [4.78, 5) is 23.2. The predicted molar refractivity (Wildman–Crippen MR) is 75.6 cm³/mol. The summed E-state index contributed by atoms with van der Waals surface area (Å²) in [5.74, 6) is 0.760. The molecule has 0 fully saturated rings. The molecule has 0 saturated heterocycles. The number of carbonyl (C=O) groups is 2. The van der Waals surface area contributed by atoms with Gasteiger partial charge in [0.15, 0.2) is 17.3 Å². The van der Waals surface area contributed by atoms with Crippen LogP contribution in [0.25, 0.3) is 0 Å². The minimum absolute atomic E-state index is 0. The number of allylic oxidation sites excluding steroid dienone is 4. The molecule has 20 heavy (non-hydrogen) atoms. The molecule has 0 bridgehead atoms. The fourth-order valence-corrected chi connectivity index (χ4v) is 2.25. The first-order chi connectivity index (χ1) is 9.13. The first-order valence-electron chi connectivity index (χ1n) is 5.68. The van der Waals surface area contributed by atoms with E-state index in [2.05, 4.69) is 0 Å². The second kappa shape index (κ2) is 5.69. The quantitative estimate of drug-likeness (QED) is 0.788. The Kier molecular flexibility index (Phi) is 4.16. The maximum atomic E-state index is 11.8. The standard InChI is InChI=1S/C14H9ClO4.ClH/c15-11-6-10(16)5-9(14(11)17)3-8-1-2-12-13(4-8)19-7-18-12;/h1-2,4-6H,3,7H2;1H. The van der Waals surface area contributed by atoms with Gasteiger partial charge in [0.05, 0.1) is 5.03 Å². The van der Waals surface area contributed by atoms with Crippen LogP contribution < -0.4 is 9.47 Å². The number of benzene rings is 1. The molecule has 1 aliphatic carbocycles. The lowest BCUT2D eigenvalue weighted by Crippen LogP contribution is -2.13. The summed E-state index contributed by atoms with van der Waals surface area (Å²) in [5.41, 5.74) is 1.25. The molecule has 0 amide bonds. The molecule has 1 aromatic rings. The molecule has 0 atom stereocenters. The van der Waals surface area contributed by atoms with Gasteiger partial charge < -0.3 is 9.47 Å². The van der Waals surface area contributed by atoms with Gasteiger partial charge in [0, 0.05) is 18.1 Å². The number of fused-ring (bicyclic) bond motifs is 1. The van der Waals surface area contributed by atoms with E-state index in [-0.39, 0.29) is 35.8 Å². The van der Waals surface area contributed by atoms with Crippen LogP contribution in [0, 0.1) is 0 Å². The van der Waals surface area contributed by atoms with E-state index in [1.54, 1.807) is 12.1 Å². The Bertz CT molecular complexity index is 647. The highest BCUT2D eigenvalue weighted by Gasteiger charge is 2.21. The first-order valence-corrected chi connectivity index (χ1v) is 6.06. The zero-order valence-electron chi connectivity index (χ0n) is 10.2. The van der Waals surface area contributed by atoms with E-state index in [0.29, 0.717) is 23.5 Å². The van der Waals surface area contributed by atoms with E-state index < -0.39 is 0 Å². The van der Waals surface area contributed by atoms with E-state index >= 15 is 0 Å². The molecule has 6 heteroatoms. The van der Waals surface area contributed by atoms with Gasteiger partial charge in [-0.3, -0.25) is 9.59 Å². The van der Waals surface area contributed by atoms with Gasteiger partial charge in [-0.25, -0.2) is 0 Å². The van der Waals surface area contributed by atoms with Crippen molar-refractivity contribution in [3.63, 3.8) is 0 Å². The Balaban J connectivity index is 0.00000147. The smallest absolute Gasteiger partial charge is 0.231 e. The number of hydrogen-bond donors (Lipinski definition) is 0. The fraction of sp³-hybridized carbons (Fsp3) is 0.143. The molecular weight excluding hydrogens is 303 g/mol. The van der Waals surface area contributed by atoms with Crippen LogP contribution in [0.5, 0.6) is 11.5 Å². The van der Waals surface area contributed by atoms with E-state index in [4.69, 9.17) is 21.1 Å². The molecule has 0 saturated carbocycles. The van der Waals surface area contributed by atoms with Crippen molar-refractivity contribution in [1.82, 2.24) is 0 Å². The van der Waals surface area contributed by atoms with E-state index in [9.17, 15) is 9.59 Å². The molecule has 1 aromatic carbocycles. The number of hydrogen-bond acceptors (Lipinski definition) is 4. The molecule has 0 radical (unpaired) electrons. The summed E-state index contributed by atoms with van der Waals surface area (Å²) in [6.45, 7) is 0.202. The number of rotatable bonds is 2. The third kappa shape index (κ3) is 2.71. The highest BCUT2D eigenvalue weighted by Crippen LogP contribution is 2.33. The maximum absolute atomic E-state index is 11.8. The third-order valence-electron chi connectivity index (χ3n) is 2.93. The van der Waals surface area contributed by atoms with Gasteiger partial charge in [-0.2, -0.15) is 0 Å². The molecule has 1 aliphatic heterocycles. The molecule has 3 rings (SSSR count). The lowest BCUT2D eigenvalue weighted by molar-refractivity contribution is -0.114. The molecule has 0 N–H and O–H groups in total. The van der Waals surface area contributed by atoms with Crippen LogP contribution >= 0.6 is 24.0 Å². The Hall–Kier alpha value is -1.78. The minimum atomic E-state index is -0.307. The molecule has 0 unspecified atom stereocenters. The molecular formula is C14H10Cl2O4. The summed E-state index contributed by atoms with van der Waals surface area (Å²) in [6.07, 6.45) is 2.79. The maximum Gasteiger partial charge on any atom is 0.231 e. The Morgan fingerprint density at radius 1 is 1.10 bits per heavy atom. The Morgan fingerprint density at radius 3 is 2.65 bits per heavy atom. The van der Waals surface area contributed by atoms with Crippen LogP contribution in [-0.4, -0.2) is 18.4 Å². The van der Waals surface area contributed by atoms with Crippen molar-refractivity contribution in [2.24, 2.45) is 0 Å². The highest BCUT2D eigenvalue weighted by atomic mass is 35.5. The topological polar surface area (TPSA) is 52.6 Å². The number of carbonyl (C=O) groups excluding carboxylic acids is 2. The number of ether oxygens (including phenoxy) is 2. The summed E-state index contributed by atoms with van der Waals surface area (Å²) in [6, 6.07) is 5.41. The number of halogens is 2. The van der Waals surface area contributed by atoms with E-state index in [1.165, 1.54) is 6.08 Å². The number of Topliss-reactive ketones (excluding diaryl/α,β-unsaturated/α-hetero) is 1. The second-order valence-electron chi connectivity index (χ2n) is 4.26. The summed E-state index contributed by atoms with van der Waals surface area (Å²) < 4.78 is 10.5. The summed E-state index contributed by atoms with van der Waals surface area (Å²) in [7, 11) is 0. The normalized spacial score (nSPS) is 16.4. The van der Waals surface area contributed by atoms with Crippen LogP contribution in [0.2, 0.25) is 0 Å². The lowest BCUT2D eigenvalue weighted by Gasteiger charge is -2.09. The monoisotopic (exact) mass is 312 g/mol. The fourth-order valence-electron chi connectivity index (χ4n) is 2.02. The predicted octanol–water partition coefficient (Wildman–Crippen LogP) is 2.58. The van der Waals surface area contributed by atoms with Crippen molar-refractivity contribution in [2.75, 3.05) is 6.79 Å². The van der Waals surface area contributed by atoms with Crippen molar-refractivity contribution in [2.45, 2.75) is 6.42 Å². The van der Waals surface area contributed by atoms with Crippen molar-refractivity contribution < 1.29 is 19.1 Å². The Morgan fingerprint density at radius 2 is 1.85 bits per heavy atom. The van der Waals surface area contributed by atoms with E-state index in [1.807, 2.05) is 6.07 Å². The van der Waals surface area contributed by atoms with Gasteiger partial charge in [-0.05, 0) is 23.8 Å². The molecule has 0 aromatic heterocycles. The minimum Gasteiger partial charge on any atom is -0.454 e. The van der Waals surface area contributed by atoms with Crippen molar-refractivity contribution in [1.29, 1.82) is 0 Å². The average molecular weight is 313 g/mol. The SMILES string of the molecule is Cl.O=C1C=C(Cl)C(=O)C(Cc2ccc3c(c2)OCO3)=C1. The van der Waals surface area contributed by atoms with Gasteiger partial charge in [-0.1, -0.05) is 17.7 Å². The molecule has 104 valence electrons. The van der Waals surface area contributed by atoms with Crippen LogP contribution in [0.4, 0.5) is 0 Å². The van der Waals surface area contributed by atoms with Crippen molar-refractivity contribution >= 4 is 35.6 Å². The van der Waals surface area contributed by atoms with Crippen LogP contribution in [0.1, 0.15) is 5.56 Å². The average Bonchev–Trinajstić information content (AvgIpc) is 2.82. The van der Waals surface area contributed by atoms with Crippen LogP contribution in [0.3, 0.4) is 0 Å². The molecule has 2 aliphatic rings. The van der Waals surface area contributed by atoms with E-state index in [0.717, 1.165) is 11.6 Å². The van der Waals surface area contributed by atoms with Gasteiger partial charge in [0.2, 0.25) is 12.6 Å². The number of ketones is 2. The summed E-state index contributed by atoms with van der Waals surface area (Å²) >= 11 is 5.72. The Labute approximate surface area is 126 Å². The lowest BCUT2D eigenvalue weighted by atomic mass is 9.96. The van der Waals surface area contributed by atoms with Crippen LogP contribution in [-0.2, 0) is 16.0 Å². The van der Waals surface area contributed by atoms with Crippen LogP contribution in [0.15, 0.2) is 41.0 Å². The third-order valence-corrected chi connectivity index (χ3v) is 3.21. The van der Waals surface area contributed by atoms with Gasteiger partial charge in [0.1, 0.15) is 0 Å². The molecule has 0 spiro atoms. The van der Waals surface area contributed by atoms with Crippen molar-refractivity contribution in [3.05, 3.63) is 46.5 Å². The van der Waals surface area contributed by atoms with Gasteiger partial charge in [-0.15, -0.1) is 12.4 Å². The largest absolute Gasteiger partial charge is 0.454 e. The zero-order valence-corrected chi connectivity index (χ0v) is 11.8.